The van der Waals surface area contributed by atoms with Gasteiger partial charge in [-0.3, -0.25) is 4.79 Å². The number of hydrogen-bond acceptors (Lipinski definition) is 2. The zero-order valence-electron chi connectivity index (χ0n) is 9.87. The molecule has 1 aliphatic carbocycles. The van der Waals surface area contributed by atoms with Crippen LogP contribution >= 0.6 is 0 Å². The second-order valence-electron chi connectivity index (χ2n) is 4.78. The molecule has 1 fully saturated rings. The summed E-state index contributed by atoms with van der Waals surface area (Å²) < 4.78 is 13.5. The minimum absolute atomic E-state index is 0.208. The first kappa shape index (κ1) is 11.9. The maximum absolute atomic E-state index is 13.5. The summed E-state index contributed by atoms with van der Waals surface area (Å²) in [6.45, 7) is 2.02. The van der Waals surface area contributed by atoms with Crippen molar-refractivity contribution in [1.82, 2.24) is 0 Å². The summed E-state index contributed by atoms with van der Waals surface area (Å²) in [4.78, 5) is 11.0. The molecule has 0 aliphatic heterocycles. The molecule has 0 saturated heterocycles. The Labute approximate surface area is 100 Å². The average molecular weight is 236 g/mol. The van der Waals surface area contributed by atoms with Crippen molar-refractivity contribution in [2.75, 3.05) is 5.32 Å². The quantitative estimate of drug-likeness (QED) is 0.825. The molecule has 1 aliphatic rings. The van der Waals surface area contributed by atoms with E-state index in [2.05, 4.69) is 5.32 Å². The van der Waals surface area contributed by atoms with Crippen LogP contribution in [0.2, 0.25) is 0 Å². The van der Waals surface area contributed by atoms with Crippen molar-refractivity contribution in [3.63, 3.8) is 0 Å². The Morgan fingerprint density at radius 1 is 1.59 bits per heavy atom. The standard InChI is InChI=1S/C13H17FN2O/c1-8(6-9-2-3-9)16-12-7-10(13(15)17)4-5-11(12)14/h4-5,7-9,16H,2-3,6H2,1H3,(H2,15,17). The van der Waals surface area contributed by atoms with Gasteiger partial charge < -0.3 is 11.1 Å². The summed E-state index contributed by atoms with van der Waals surface area (Å²) in [5.41, 5.74) is 5.85. The van der Waals surface area contributed by atoms with Gasteiger partial charge in [0.1, 0.15) is 5.82 Å². The van der Waals surface area contributed by atoms with Crippen LogP contribution in [0.4, 0.5) is 10.1 Å². The molecule has 1 saturated carbocycles. The third-order valence-electron chi connectivity index (χ3n) is 3.04. The van der Waals surface area contributed by atoms with Crippen LogP contribution in [0.15, 0.2) is 18.2 Å². The Kier molecular flexibility index (Phi) is 3.31. The van der Waals surface area contributed by atoms with Gasteiger partial charge in [-0.25, -0.2) is 4.39 Å². The highest BCUT2D eigenvalue weighted by Gasteiger charge is 2.23. The molecule has 3 N–H and O–H groups in total. The Morgan fingerprint density at radius 2 is 2.29 bits per heavy atom. The van der Waals surface area contributed by atoms with Gasteiger partial charge in [0.15, 0.2) is 0 Å². The molecule has 1 unspecified atom stereocenters. The number of nitrogens with one attached hydrogen (secondary N) is 1. The highest BCUT2D eigenvalue weighted by Crippen LogP contribution is 2.34. The number of halogens is 1. The second kappa shape index (κ2) is 4.73. The van der Waals surface area contributed by atoms with Crippen molar-refractivity contribution in [3.05, 3.63) is 29.6 Å². The lowest BCUT2D eigenvalue weighted by Crippen LogP contribution is -2.18. The zero-order valence-corrected chi connectivity index (χ0v) is 9.87. The van der Waals surface area contributed by atoms with Crippen LogP contribution in [-0.2, 0) is 0 Å². The summed E-state index contributed by atoms with van der Waals surface area (Å²) >= 11 is 0. The van der Waals surface area contributed by atoms with E-state index >= 15 is 0 Å². The SMILES string of the molecule is CC(CC1CC1)Nc1cc(C(N)=O)ccc1F. The molecule has 0 spiro atoms. The Balaban J connectivity index is 2.07. The van der Waals surface area contributed by atoms with Gasteiger partial charge in [-0.15, -0.1) is 0 Å². The maximum atomic E-state index is 13.5. The molecule has 0 bridgehead atoms. The van der Waals surface area contributed by atoms with Gasteiger partial charge in [0.2, 0.25) is 5.91 Å². The highest BCUT2D eigenvalue weighted by molar-refractivity contribution is 5.93. The largest absolute Gasteiger partial charge is 0.380 e. The van der Waals surface area contributed by atoms with Crippen LogP contribution in [0.5, 0.6) is 0 Å². The van der Waals surface area contributed by atoms with Crippen LogP contribution in [-0.4, -0.2) is 11.9 Å². The summed E-state index contributed by atoms with van der Waals surface area (Å²) in [5, 5.41) is 3.09. The molecular weight excluding hydrogens is 219 g/mol. The van der Waals surface area contributed by atoms with E-state index in [0.29, 0.717) is 11.3 Å². The Morgan fingerprint density at radius 3 is 2.88 bits per heavy atom. The molecule has 4 heteroatoms. The van der Waals surface area contributed by atoms with Crippen molar-refractivity contribution in [2.45, 2.75) is 32.2 Å². The van der Waals surface area contributed by atoms with Crippen LogP contribution in [0, 0.1) is 11.7 Å². The van der Waals surface area contributed by atoms with E-state index < -0.39 is 5.91 Å². The molecule has 1 aromatic rings. The van der Waals surface area contributed by atoms with Crippen LogP contribution in [0.3, 0.4) is 0 Å². The first-order valence-corrected chi connectivity index (χ1v) is 5.92. The molecule has 0 aromatic heterocycles. The average Bonchev–Trinajstić information content (AvgIpc) is 3.04. The molecule has 1 atom stereocenters. The third-order valence-corrected chi connectivity index (χ3v) is 3.04. The van der Waals surface area contributed by atoms with E-state index in [1.165, 1.54) is 31.0 Å². The van der Waals surface area contributed by atoms with Gasteiger partial charge in [0.25, 0.3) is 0 Å². The summed E-state index contributed by atoms with van der Waals surface area (Å²) in [5.74, 6) is -0.111. The fraction of sp³-hybridized carbons (Fsp3) is 0.462. The lowest BCUT2D eigenvalue weighted by Gasteiger charge is -2.15. The van der Waals surface area contributed by atoms with Gasteiger partial charge in [-0.05, 0) is 37.5 Å². The fourth-order valence-electron chi connectivity index (χ4n) is 1.97. The maximum Gasteiger partial charge on any atom is 0.248 e. The van der Waals surface area contributed by atoms with Crippen molar-refractivity contribution < 1.29 is 9.18 Å². The first-order valence-electron chi connectivity index (χ1n) is 5.92. The number of carbonyl (C=O) groups is 1. The first-order chi connectivity index (χ1) is 8.06. The topological polar surface area (TPSA) is 55.1 Å². The van der Waals surface area contributed by atoms with E-state index in [-0.39, 0.29) is 11.9 Å². The number of rotatable bonds is 5. The molecule has 2 rings (SSSR count). The molecular formula is C13H17FN2O. The van der Waals surface area contributed by atoms with Crippen molar-refractivity contribution in [1.29, 1.82) is 0 Å². The molecule has 1 aromatic carbocycles. The van der Waals surface area contributed by atoms with Gasteiger partial charge in [-0.1, -0.05) is 12.8 Å². The van der Waals surface area contributed by atoms with Crippen molar-refractivity contribution in [2.24, 2.45) is 11.7 Å². The van der Waals surface area contributed by atoms with E-state index in [9.17, 15) is 9.18 Å². The Bertz CT molecular complexity index is 429. The fourth-order valence-corrected chi connectivity index (χ4v) is 1.97. The molecule has 3 nitrogen and oxygen atoms in total. The second-order valence-corrected chi connectivity index (χ2v) is 4.78. The van der Waals surface area contributed by atoms with E-state index in [1.807, 2.05) is 6.92 Å². The van der Waals surface area contributed by atoms with Crippen molar-refractivity contribution in [3.8, 4) is 0 Å². The summed E-state index contributed by atoms with van der Waals surface area (Å²) in [7, 11) is 0. The number of hydrogen-bond donors (Lipinski definition) is 2. The summed E-state index contributed by atoms with van der Waals surface area (Å²) in [6.07, 6.45) is 3.59. The van der Waals surface area contributed by atoms with Crippen LogP contribution in [0.1, 0.15) is 36.5 Å². The molecule has 0 radical (unpaired) electrons. The number of nitrogens with two attached hydrogens (primary N) is 1. The number of carbonyl (C=O) groups excluding carboxylic acids is 1. The molecule has 17 heavy (non-hydrogen) atoms. The minimum Gasteiger partial charge on any atom is -0.380 e. The minimum atomic E-state index is -0.539. The predicted molar refractivity (Wildman–Crippen MR) is 65.3 cm³/mol. The van der Waals surface area contributed by atoms with Crippen LogP contribution in [0.25, 0.3) is 0 Å². The normalized spacial score (nSPS) is 16.6. The molecule has 1 amide bonds. The monoisotopic (exact) mass is 236 g/mol. The molecule has 92 valence electrons. The molecule has 0 heterocycles. The van der Waals surface area contributed by atoms with Gasteiger partial charge in [-0.2, -0.15) is 0 Å². The third kappa shape index (κ3) is 3.19. The van der Waals surface area contributed by atoms with Gasteiger partial charge in [0, 0.05) is 11.6 Å². The summed E-state index contributed by atoms with van der Waals surface area (Å²) in [6, 6.07) is 4.35. The number of amides is 1. The number of benzene rings is 1. The number of primary amides is 1. The van der Waals surface area contributed by atoms with Gasteiger partial charge in [0.05, 0.1) is 5.69 Å². The zero-order chi connectivity index (χ0) is 12.4. The van der Waals surface area contributed by atoms with Crippen LogP contribution < -0.4 is 11.1 Å². The van der Waals surface area contributed by atoms with Crippen molar-refractivity contribution >= 4 is 11.6 Å². The lowest BCUT2D eigenvalue weighted by atomic mass is 10.1. The van der Waals surface area contributed by atoms with E-state index in [4.69, 9.17) is 5.73 Å². The predicted octanol–water partition coefficient (Wildman–Crippen LogP) is 2.53. The Hall–Kier alpha value is -1.58. The van der Waals surface area contributed by atoms with Gasteiger partial charge >= 0.3 is 0 Å². The lowest BCUT2D eigenvalue weighted by molar-refractivity contribution is 0.100. The smallest absolute Gasteiger partial charge is 0.248 e. The van der Waals surface area contributed by atoms with E-state index in [0.717, 1.165) is 12.3 Å². The highest BCUT2D eigenvalue weighted by atomic mass is 19.1. The number of anilines is 1. The van der Waals surface area contributed by atoms with E-state index in [1.54, 1.807) is 0 Å².